The molecule has 27 heavy (non-hydrogen) atoms. The maximum absolute atomic E-state index is 5.90. The average molecular weight is 391 g/mol. The highest BCUT2D eigenvalue weighted by molar-refractivity contribution is 6.30. The molecule has 7 nitrogen and oxygen atoms in total. The van der Waals surface area contributed by atoms with E-state index in [1.165, 1.54) is 12.8 Å². The van der Waals surface area contributed by atoms with Crippen molar-refractivity contribution in [2.24, 2.45) is 4.99 Å². The van der Waals surface area contributed by atoms with Crippen molar-refractivity contribution in [3.63, 3.8) is 0 Å². The van der Waals surface area contributed by atoms with E-state index in [0.717, 1.165) is 42.9 Å². The lowest BCUT2D eigenvalue weighted by Crippen LogP contribution is -2.41. The van der Waals surface area contributed by atoms with Crippen molar-refractivity contribution in [3.8, 4) is 5.75 Å². The van der Waals surface area contributed by atoms with Crippen LogP contribution in [0.1, 0.15) is 38.3 Å². The molecule has 0 saturated carbocycles. The molecule has 1 aromatic heterocycles. The monoisotopic (exact) mass is 390 g/mol. The van der Waals surface area contributed by atoms with Crippen molar-refractivity contribution < 1.29 is 4.74 Å². The number of hydrogen-bond donors (Lipinski definition) is 2. The van der Waals surface area contributed by atoms with E-state index in [2.05, 4.69) is 30.4 Å². The fourth-order valence-electron chi connectivity index (χ4n) is 3.00. The number of guanidine groups is 1. The van der Waals surface area contributed by atoms with Crippen molar-refractivity contribution in [1.29, 1.82) is 0 Å². The molecule has 0 spiro atoms. The Labute approximate surface area is 165 Å². The third kappa shape index (κ3) is 5.60. The largest absolute Gasteiger partial charge is 0.489 e. The van der Waals surface area contributed by atoms with E-state index in [9.17, 15) is 0 Å². The van der Waals surface area contributed by atoms with Crippen LogP contribution in [0.4, 0.5) is 0 Å². The first-order chi connectivity index (χ1) is 13.2. The molecule has 1 aliphatic heterocycles. The predicted molar refractivity (Wildman–Crippen MR) is 107 cm³/mol. The van der Waals surface area contributed by atoms with Crippen molar-refractivity contribution >= 4 is 17.6 Å². The molecule has 0 saturated heterocycles. The van der Waals surface area contributed by atoms with Crippen molar-refractivity contribution in [2.75, 3.05) is 13.1 Å². The Balaban J connectivity index is 1.54. The van der Waals surface area contributed by atoms with Crippen LogP contribution in [-0.4, -0.2) is 39.9 Å². The third-order valence-corrected chi connectivity index (χ3v) is 4.62. The number of fused-ring (bicyclic) bond motifs is 1. The molecule has 0 aliphatic carbocycles. The summed E-state index contributed by atoms with van der Waals surface area (Å²) < 4.78 is 8.09. The van der Waals surface area contributed by atoms with Gasteiger partial charge in [-0.3, -0.25) is 0 Å². The standard InChI is InChI=1S/C19H27ClN6O/c1-3-21-19(22-12-14(2)27-16-9-7-15(20)8-10-16)23-13-18-25-24-17-6-4-5-11-26(17)18/h7-10,14H,3-6,11-13H2,1-2H3,(H2,21,22,23). The van der Waals surface area contributed by atoms with E-state index in [0.29, 0.717) is 18.1 Å². The highest BCUT2D eigenvalue weighted by Crippen LogP contribution is 2.17. The van der Waals surface area contributed by atoms with Gasteiger partial charge in [0.15, 0.2) is 11.8 Å². The molecule has 1 aromatic carbocycles. The molecule has 0 radical (unpaired) electrons. The van der Waals surface area contributed by atoms with Gasteiger partial charge in [0.1, 0.15) is 24.2 Å². The second-order valence-corrected chi connectivity index (χ2v) is 7.04. The lowest BCUT2D eigenvalue weighted by atomic mass is 10.2. The Hall–Kier alpha value is -2.28. The molecular formula is C19H27ClN6O. The molecule has 0 fully saturated rings. The number of ether oxygens (including phenoxy) is 1. The molecule has 1 aliphatic rings. The van der Waals surface area contributed by atoms with Crippen molar-refractivity contribution in [2.45, 2.75) is 52.3 Å². The predicted octanol–water partition coefficient (Wildman–Crippen LogP) is 2.79. The Bertz CT molecular complexity index is 758. The highest BCUT2D eigenvalue weighted by atomic mass is 35.5. The van der Waals surface area contributed by atoms with Gasteiger partial charge in [0.05, 0.1) is 6.54 Å². The lowest BCUT2D eigenvalue weighted by Gasteiger charge is -2.18. The number of benzene rings is 1. The summed E-state index contributed by atoms with van der Waals surface area (Å²) in [6.45, 7) is 6.98. The number of halogens is 1. The molecule has 1 unspecified atom stereocenters. The minimum absolute atomic E-state index is 0.0177. The summed E-state index contributed by atoms with van der Waals surface area (Å²) in [5.74, 6) is 3.55. The Morgan fingerprint density at radius 2 is 2.07 bits per heavy atom. The molecule has 2 heterocycles. The summed E-state index contributed by atoms with van der Waals surface area (Å²) in [4.78, 5) is 4.65. The van der Waals surface area contributed by atoms with Gasteiger partial charge >= 0.3 is 0 Å². The summed E-state index contributed by atoms with van der Waals surface area (Å²) in [5, 5.41) is 15.9. The fourth-order valence-corrected chi connectivity index (χ4v) is 3.13. The molecule has 2 N–H and O–H groups in total. The quantitative estimate of drug-likeness (QED) is 0.561. The smallest absolute Gasteiger partial charge is 0.191 e. The average Bonchev–Trinajstić information content (AvgIpc) is 3.09. The van der Waals surface area contributed by atoms with Crippen LogP contribution >= 0.6 is 11.6 Å². The highest BCUT2D eigenvalue weighted by Gasteiger charge is 2.15. The van der Waals surface area contributed by atoms with Gasteiger partial charge < -0.3 is 19.9 Å². The minimum Gasteiger partial charge on any atom is -0.489 e. The topological polar surface area (TPSA) is 76.4 Å². The van der Waals surface area contributed by atoms with E-state index < -0.39 is 0 Å². The molecular weight excluding hydrogens is 364 g/mol. The van der Waals surface area contributed by atoms with Crippen LogP contribution in [0.25, 0.3) is 0 Å². The molecule has 8 heteroatoms. The van der Waals surface area contributed by atoms with Gasteiger partial charge in [-0.1, -0.05) is 11.6 Å². The maximum Gasteiger partial charge on any atom is 0.191 e. The molecule has 1 atom stereocenters. The SMILES string of the molecule is CCNC(=NCc1nnc2n1CCCC2)NCC(C)Oc1ccc(Cl)cc1. The summed E-state index contributed by atoms with van der Waals surface area (Å²) >= 11 is 5.90. The Morgan fingerprint density at radius 1 is 1.26 bits per heavy atom. The zero-order valence-electron chi connectivity index (χ0n) is 15.9. The van der Waals surface area contributed by atoms with E-state index in [4.69, 9.17) is 16.3 Å². The number of aromatic nitrogens is 3. The van der Waals surface area contributed by atoms with Crippen LogP contribution in [0.3, 0.4) is 0 Å². The van der Waals surface area contributed by atoms with Crippen LogP contribution in [-0.2, 0) is 19.5 Å². The van der Waals surface area contributed by atoms with E-state index >= 15 is 0 Å². The van der Waals surface area contributed by atoms with Crippen molar-refractivity contribution in [3.05, 3.63) is 40.9 Å². The number of aliphatic imine (C=N–C) groups is 1. The summed E-state index contributed by atoms with van der Waals surface area (Å²) in [5.41, 5.74) is 0. The molecule has 3 rings (SSSR count). The number of nitrogens with zero attached hydrogens (tertiary/aromatic N) is 4. The first kappa shape index (κ1) is 19.5. The number of hydrogen-bond acceptors (Lipinski definition) is 4. The van der Waals surface area contributed by atoms with Gasteiger partial charge in [0.25, 0.3) is 0 Å². The third-order valence-electron chi connectivity index (χ3n) is 4.37. The van der Waals surface area contributed by atoms with Crippen LogP contribution in [0, 0.1) is 0 Å². The first-order valence-corrected chi connectivity index (χ1v) is 9.89. The minimum atomic E-state index is -0.0177. The molecule has 0 bridgehead atoms. The van der Waals surface area contributed by atoms with Gasteiger partial charge in [-0.2, -0.15) is 0 Å². The Morgan fingerprint density at radius 3 is 2.85 bits per heavy atom. The zero-order valence-corrected chi connectivity index (χ0v) is 16.7. The summed E-state index contributed by atoms with van der Waals surface area (Å²) in [6.07, 6.45) is 3.36. The van der Waals surface area contributed by atoms with E-state index in [-0.39, 0.29) is 6.10 Å². The summed E-state index contributed by atoms with van der Waals surface area (Å²) in [6, 6.07) is 7.38. The van der Waals surface area contributed by atoms with Crippen LogP contribution in [0.2, 0.25) is 5.02 Å². The second-order valence-electron chi connectivity index (χ2n) is 6.60. The van der Waals surface area contributed by atoms with Crippen LogP contribution in [0.5, 0.6) is 5.75 Å². The van der Waals surface area contributed by atoms with E-state index in [1.54, 1.807) is 0 Å². The molecule has 2 aromatic rings. The lowest BCUT2D eigenvalue weighted by molar-refractivity contribution is 0.224. The summed E-state index contributed by atoms with van der Waals surface area (Å²) in [7, 11) is 0. The van der Waals surface area contributed by atoms with Crippen LogP contribution < -0.4 is 15.4 Å². The van der Waals surface area contributed by atoms with E-state index in [1.807, 2.05) is 38.1 Å². The normalized spacial score (nSPS) is 15.1. The van der Waals surface area contributed by atoms with Gasteiger partial charge in [0, 0.05) is 24.5 Å². The Kier molecular flexibility index (Phi) is 6.92. The van der Waals surface area contributed by atoms with Gasteiger partial charge in [0.2, 0.25) is 0 Å². The van der Waals surface area contributed by atoms with Crippen molar-refractivity contribution in [1.82, 2.24) is 25.4 Å². The second kappa shape index (κ2) is 9.60. The number of nitrogens with one attached hydrogen (secondary N) is 2. The van der Waals surface area contributed by atoms with Gasteiger partial charge in [-0.15, -0.1) is 10.2 Å². The molecule has 0 amide bonds. The fraction of sp³-hybridized carbons (Fsp3) is 0.526. The maximum atomic E-state index is 5.90. The number of aryl methyl sites for hydroxylation is 1. The first-order valence-electron chi connectivity index (χ1n) is 9.51. The molecule has 146 valence electrons. The number of rotatable bonds is 7. The van der Waals surface area contributed by atoms with Gasteiger partial charge in [-0.25, -0.2) is 4.99 Å². The zero-order chi connectivity index (χ0) is 19.1. The van der Waals surface area contributed by atoms with Crippen LogP contribution in [0.15, 0.2) is 29.3 Å². The van der Waals surface area contributed by atoms with Gasteiger partial charge in [-0.05, 0) is 51.0 Å².